The fourth-order valence-electron chi connectivity index (χ4n) is 4.70. The maximum absolute atomic E-state index is 11.4. The molecule has 20 heavy (non-hydrogen) atoms. The summed E-state index contributed by atoms with van der Waals surface area (Å²) in [4.78, 5) is 13.9. The Labute approximate surface area is 121 Å². The third kappa shape index (κ3) is 2.22. The van der Waals surface area contributed by atoms with Crippen molar-refractivity contribution < 1.29 is 9.90 Å². The van der Waals surface area contributed by atoms with Gasteiger partial charge < -0.3 is 10.0 Å². The van der Waals surface area contributed by atoms with Crippen LogP contribution in [0.25, 0.3) is 0 Å². The van der Waals surface area contributed by atoms with Crippen LogP contribution in [0.2, 0.25) is 0 Å². The first-order chi connectivity index (χ1) is 9.39. The Kier molecular flexibility index (Phi) is 3.28. The molecule has 3 rings (SSSR count). The first-order valence-corrected chi connectivity index (χ1v) is 7.74. The van der Waals surface area contributed by atoms with Crippen molar-refractivity contribution in [3.63, 3.8) is 0 Å². The van der Waals surface area contributed by atoms with E-state index in [0.29, 0.717) is 30.0 Å². The number of carbonyl (C=O) groups is 1. The minimum atomic E-state index is -0.750. The molecule has 0 aromatic rings. The highest BCUT2D eigenvalue weighted by Crippen LogP contribution is 2.50. The monoisotopic (exact) mass is 275 g/mol. The number of allylic oxidation sites excluding steroid dienone is 3. The lowest BCUT2D eigenvalue weighted by molar-refractivity contribution is -0.133. The summed E-state index contributed by atoms with van der Waals surface area (Å²) in [6.45, 7) is 4.30. The molecule has 2 aliphatic heterocycles. The number of rotatable bonds is 2. The first kappa shape index (κ1) is 13.9. The van der Waals surface area contributed by atoms with Crippen LogP contribution in [0.1, 0.15) is 46.0 Å². The Morgan fingerprint density at radius 2 is 1.95 bits per heavy atom. The maximum atomic E-state index is 11.4. The minimum Gasteiger partial charge on any atom is -0.478 e. The molecule has 110 valence electrons. The van der Waals surface area contributed by atoms with Crippen molar-refractivity contribution in [3.05, 3.63) is 23.3 Å². The number of hydrogen-bond donors (Lipinski definition) is 1. The Morgan fingerprint density at radius 1 is 1.35 bits per heavy atom. The van der Waals surface area contributed by atoms with Crippen molar-refractivity contribution in [1.82, 2.24) is 4.90 Å². The van der Waals surface area contributed by atoms with E-state index in [1.165, 1.54) is 25.7 Å². The Hall–Kier alpha value is -1.09. The minimum absolute atomic E-state index is 0.0225. The van der Waals surface area contributed by atoms with E-state index < -0.39 is 5.97 Å². The number of carboxylic acids is 1. The summed E-state index contributed by atoms with van der Waals surface area (Å²) in [6, 6.07) is 1.42. The number of nitrogens with zero attached hydrogens (tertiary/aromatic N) is 1. The average molecular weight is 275 g/mol. The van der Waals surface area contributed by atoms with Gasteiger partial charge in [-0.15, -0.1) is 0 Å². The second-order valence-electron chi connectivity index (χ2n) is 7.26. The van der Waals surface area contributed by atoms with E-state index in [1.807, 2.05) is 13.0 Å². The first-order valence-electron chi connectivity index (χ1n) is 7.74. The molecule has 1 aliphatic carbocycles. The van der Waals surface area contributed by atoms with Gasteiger partial charge in [0.2, 0.25) is 0 Å². The summed E-state index contributed by atoms with van der Waals surface area (Å²) in [5, 5.41) is 9.34. The zero-order chi connectivity index (χ0) is 14.5. The standard InChI is InChI=1S/C17H25NO2/c1-11-6-12(16(19)20)10-17(2,9-11)13-7-14-4-5-15(8-13)18(14)3/h6,9,13-15H,4-5,7-8,10H2,1-3H3,(H,19,20)/t13?,14-,15+,17?. The highest BCUT2D eigenvalue weighted by molar-refractivity contribution is 5.87. The van der Waals surface area contributed by atoms with Gasteiger partial charge in [0.15, 0.2) is 0 Å². The fourth-order valence-corrected chi connectivity index (χ4v) is 4.70. The van der Waals surface area contributed by atoms with Gasteiger partial charge in [-0.25, -0.2) is 4.79 Å². The van der Waals surface area contributed by atoms with E-state index in [0.717, 1.165) is 5.57 Å². The molecule has 3 aliphatic rings. The van der Waals surface area contributed by atoms with Crippen molar-refractivity contribution in [2.45, 2.75) is 58.0 Å². The molecule has 0 spiro atoms. The molecular formula is C17H25NO2. The summed E-state index contributed by atoms with van der Waals surface area (Å²) in [5.41, 5.74) is 1.72. The zero-order valence-corrected chi connectivity index (χ0v) is 12.7. The van der Waals surface area contributed by atoms with Gasteiger partial charge in [-0.2, -0.15) is 0 Å². The molecule has 2 heterocycles. The Morgan fingerprint density at radius 3 is 2.50 bits per heavy atom. The highest BCUT2D eigenvalue weighted by atomic mass is 16.4. The topological polar surface area (TPSA) is 40.5 Å². The van der Waals surface area contributed by atoms with E-state index in [1.54, 1.807) is 0 Å². The van der Waals surface area contributed by atoms with Crippen LogP contribution >= 0.6 is 0 Å². The lowest BCUT2D eigenvalue weighted by atomic mass is 9.65. The van der Waals surface area contributed by atoms with E-state index in [4.69, 9.17) is 0 Å². The van der Waals surface area contributed by atoms with Gasteiger partial charge in [0.1, 0.15) is 0 Å². The molecule has 1 N–H and O–H groups in total. The zero-order valence-electron chi connectivity index (χ0n) is 12.7. The highest BCUT2D eigenvalue weighted by Gasteiger charge is 2.45. The molecule has 0 aromatic heterocycles. The number of hydrogen-bond acceptors (Lipinski definition) is 2. The molecule has 0 radical (unpaired) electrons. The maximum Gasteiger partial charge on any atom is 0.331 e. The second kappa shape index (κ2) is 4.73. The van der Waals surface area contributed by atoms with Crippen LogP contribution < -0.4 is 0 Å². The van der Waals surface area contributed by atoms with E-state index >= 15 is 0 Å². The number of piperidine rings is 1. The summed E-state index contributed by atoms with van der Waals surface area (Å²) in [7, 11) is 2.26. The number of carboxylic acid groups (broad SMARTS) is 1. The van der Waals surface area contributed by atoms with Crippen molar-refractivity contribution in [3.8, 4) is 0 Å². The molecule has 0 aromatic carbocycles. The lowest BCUT2D eigenvalue weighted by Gasteiger charge is -2.45. The summed E-state index contributed by atoms with van der Waals surface area (Å²) in [5.74, 6) is -0.131. The van der Waals surface area contributed by atoms with Gasteiger partial charge in [0.05, 0.1) is 0 Å². The third-order valence-corrected chi connectivity index (χ3v) is 5.84. The lowest BCUT2D eigenvalue weighted by Crippen LogP contribution is -2.45. The SMILES string of the molecule is CC1=CC(C)(C2C[C@H]3CC[C@@H](C2)N3C)CC(C(=O)O)=C1. The van der Waals surface area contributed by atoms with Crippen LogP contribution in [0, 0.1) is 11.3 Å². The molecule has 0 amide bonds. The Bertz CT molecular complexity index is 479. The van der Waals surface area contributed by atoms with E-state index in [9.17, 15) is 9.90 Å². The van der Waals surface area contributed by atoms with Crippen LogP contribution in [0.15, 0.2) is 23.3 Å². The van der Waals surface area contributed by atoms with Crippen LogP contribution in [-0.4, -0.2) is 35.1 Å². The van der Waals surface area contributed by atoms with Crippen molar-refractivity contribution in [2.75, 3.05) is 7.05 Å². The van der Waals surface area contributed by atoms with Crippen LogP contribution in [0.4, 0.5) is 0 Å². The van der Waals surface area contributed by atoms with Gasteiger partial charge in [0.25, 0.3) is 0 Å². The number of aliphatic carboxylic acids is 1. The normalized spacial score (nSPS) is 41.2. The second-order valence-corrected chi connectivity index (χ2v) is 7.26. The van der Waals surface area contributed by atoms with Crippen molar-refractivity contribution >= 4 is 5.97 Å². The fraction of sp³-hybridized carbons (Fsp3) is 0.706. The molecule has 3 nitrogen and oxygen atoms in total. The number of fused-ring (bicyclic) bond motifs is 2. The molecule has 2 unspecified atom stereocenters. The van der Waals surface area contributed by atoms with Gasteiger partial charge in [-0.3, -0.25) is 0 Å². The largest absolute Gasteiger partial charge is 0.478 e. The predicted octanol–water partition coefficient (Wildman–Crippen LogP) is 3.23. The average Bonchev–Trinajstić information content (AvgIpc) is 2.61. The van der Waals surface area contributed by atoms with Crippen LogP contribution in [0.5, 0.6) is 0 Å². The molecular weight excluding hydrogens is 250 g/mol. The van der Waals surface area contributed by atoms with Gasteiger partial charge in [-0.1, -0.05) is 18.6 Å². The van der Waals surface area contributed by atoms with E-state index in [-0.39, 0.29) is 5.41 Å². The molecule has 0 saturated carbocycles. The van der Waals surface area contributed by atoms with Gasteiger partial charge >= 0.3 is 5.97 Å². The quantitative estimate of drug-likeness (QED) is 0.841. The van der Waals surface area contributed by atoms with Gasteiger partial charge in [-0.05, 0) is 63.5 Å². The summed E-state index contributed by atoms with van der Waals surface area (Å²) in [6.07, 6.45) is 9.94. The molecule has 2 fully saturated rings. The molecule has 2 bridgehead atoms. The smallest absolute Gasteiger partial charge is 0.331 e. The summed E-state index contributed by atoms with van der Waals surface area (Å²) < 4.78 is 0. The van der Waals surface area contributed by atoms with E-state index in [2.05, 4.69) is 24.9 Å². The Balaban J connectivity index is 1.83. The van der Waals surface area contributed by atoms with Crippen LogP contribution in [0.3, 0.4) is 0 Å². The van der Waals surface area contributed by atoms with Crippen molar-refractivity contribution in [1.29, 1.82) is 0 Å². The molecule has 4 atom stereocenters. The van der Waals surface area contributed by atoms with Crippen LogP contribution in [-0.2, 0) is 4.79 Å². The van der Waals surface area contributed by atoms with Gasteiger partial charge in [0, 0.05) is 17.7 Å². The van der Waals surface area contributed by atoms with Crippen molar-refractivity contribution in [2.24, 2.45) is 11.3 Å². The third-order valence-electron chi connectivity index (χ3n) is 5.84. The molecule has 3 heteroatoms. The molecule has 2 saturated heterocycles. The summed E-state index contributed by atoms with van der Waals surface area (Å²) >= 11 is 0. The predicted molar refractivity (Wildman–Crippen MR) is 79.5 cm³/mol.